The quantitative estimate of drug-likeness (QED) is 0.557. The average Bonchev–Trinajstić information content (AvgIpc) is 2.72. The van der Waals surface area contributed by atoms with E-state index in [1.54, 1.807) is 28.8 Å². The molecule has 1 aromatic carbocycles. The summed E-state index contributed by atoms with van der Waals surface area (Å²) in [6, 6.07) is 5.95. The number of aryl methyl sites for hydroxylation is 1. The molecule has 0 saturated heterocycles. The standard InChI is InChI=1S/C12H16N3O5P/c13-8(12(16)17)7-11-14-9-3-1-2-4-10(9)15(11)5-6-21(18,19)20/h1-4,8H,5-7,13H2,(H,16,17)(H2,18,19,20). The van der Waals surface area contributed by atoms with Gasteiger partial charge in [-0.15, -0.1) is 0 Å². The maximum absolute atomic E-state index is 11.0. The topological polar surface area (TPSA) is 139 Å². The Balaban J connectivity index is 2.38. The van der Waals surface area contributed by atoms with Gasteiger partial charge in [0.05, 0.1) is 17.2 Å². The highest BCUT2D eigenvalue weighted by Crippen LogP contribution is 2.34. The molecule has 9 heteroatoms. The number of hydrogen-bond acceptors (Lipinski definition) is 4. The normalized spacial score (nSPS) is 13.5. The average molecular weight is 313 g/mol. The Kier molecular flexibility index (Phi) is 4.43. The summed E-state index contributed by atoms with van der Waals surface area (Å²) in [6.45, 7) is 0.0481. The number of carboxylic acids is 1. The molecule has 1 aromatic heterocycles. The van der Waals surface area contributed by atoms with Gasteiger partial charge in [0, 0.05) is 13.0 Å². The summed E-state index contributed by atoms with van der Waals surface area (Å²) in [7, 11) is -4.15. The molecule has 2 rings (SSSR count). The molecule has 0 saturated carbocycles. The minimum atomic E-state index is -4.15. The molecule has 1 atom stereocenters. The molecule has 0 aliphatic carbocycles. The largest absolute Gasteiger partial charge is 0.480 e. The van der Waals surface area contributed by atoms with E-state index in [1.807, 2.05) is 0 Å². The fraction of sp³-hybridized carbons (Fsp3) is 0.333. The zero-order valence-corrected chi connectivity index (χ0v) is 12.0. The number of hydrogen-bond donors (Lipinski definition) is 4. The van der Waals surface area contributed by atoms with Crippen molar-refractivity contribution in [1.82, 2.24) is 9.55 Å². The monoisotopic (exact) mass is 313 g/mol. The summed E-state index contributed by atoms with van der Waals surface area (Å²) < 4.78 is 12.7. The molecule has 1 unspecified atom stereocenters. The molecular formula is C12H16N3O5P. The second-order valence-electron chi connectivity index (χ2n) is 4.71. The predicted octanol–water partition coefficient (Wildman–Crippen LogP) is 0.168. The molecule has 0 aliphatic rings. The van der Waals surface area contributed by atoms with Crippen LogP contribution in [0, 0.1) is 0 Å². The van der Waals surface area contributed by atoms with Gasteiger partial charge in [-0.25, -0.2) is 4.98 Å². The zero-order valence-electron chi connectivity index (χ0n) is 11.1. The van der Waals surface area contributed by atoms with Crippen molar-refractivity contribution in [2.45, 2.75) is 19.0 Å². The van der Waals surface area contributed by atoms with E-state index in [1.165, 1.54) is 0 Å². The highest BCUT2D eigenvalue weighted by molar-refractivity contribution is 7.51. The van der Waals surface area contributed by atoms with Crippen molar-refractivity contribution >= 4 is 24.6 Å². The third-order valence-corrected chi connectivity index (χ3v) is 3.85. The van der Waals surface area contributed by atoms with Crippen LogP contribution in [0.5, 0.6) is 0 Å². The Morgan fingerprint density at radius 2 is 2.05 bits per heavy atom. The molecule has 2 aromatic rings. The molecule has 0 aliphatic heterocycles. The molecule has 0 radical (unpaired) electrons. The molecule has 0 spiro atoms. The van der Waals surface area contributed by atoms with Gasteiger partial charge < -0.3 is 25.2 Å². The van der Waals surface area contributed by atoms with Gasteiger partial charge in [-0.1, -0.05) is 12.1 Å². The number of nitrogens with two attached hydrogens (primary N) is 1. The number of nitrogens with zero attached hydrogens (tertiary/aromatic N) is 2. The number of aliphatic carboxylic acids is 1. The third-order valence-electron chi connectivity index (χ3n) is 3.07. The molecule has 0 bridgehead atoms. The fourth-order valence-corrected chi connectivity index (χ4v) is 2.51. The maximum atomic E-state index is 11.0. The van der Waals surface area contributed by atoms with E-state index in [9.17, 15) is 9.36 Å². The van der Waals surface area contributed by atoms with Crippen molar-refractivity contribution in [3.05, 3.63) is 30.1 Å². The van der Waals surface area contributed by atoms with Gasteiger partial charge >= 0.3 is 13.6 Å². The van der Waals surface area contributed by atoms with Crippen LogP contribution in [0.4, 0.5) is 0 Å². The summed E-state index contributed by atoms with van der Waals surface area (Å²) in [5, 5.41) is 8.88. The fourth-order valence-electron chi connectivity index (χ4n) is 2.05. The number of imidazole rings is 1. The molecule has 1 heterocycles. The third kappa shape index (κ3) is 3.89. The Morgan fingerprint density at radius 3 is 2.67 bits per heavy atom. The molecule has 114 valence electrons. The number of benzene rings is 1. The van der Waals surface area contributed by atoms with E-state index in [-0.39, 0.29) is 19.1 Å². The van der Waals surface area contributed by atoms with E-state index in [4.69, 9.17) is 20.6 Å². The van der Waals surface area contributed by atoms with E-state index in [0.29, 0.717) is 16.9 Å². The first-order valence-electron chi connectivity index (χ1n) is 6.25. The lowest BCUT2D eigenvalue weighted by Crippen LogP contribution is -2.33. The van der Waals surface area contributed by atoms with Gasteiger partial charge in [-0.3, -0.25) is 9.36 Å². The van der Waals surface area contributed by atoms with Gasteiger partial charge in [0.15, 0.2) is 0 Å². The first-order chi connectivity index (χ1) is 9.78. The summed E-state index contributed by atoms with van der Waals surface area (Å²) >= 11 is 0. The molecule has 0 fully saturated rings. The van der Waals surface area contributed by atoms with Crippen LogP contribution in [-0.2, 0) is 22.3 Å². The van der Waals surface area contributed by atoms with Gasteiger partial charge in [-0.2, -0.15) is 0 Å². The molecule has 21 heavy (non-hydrogen) atoms. The number of carboxylic acid groups (broad SMARTS) is 1. The lowest BCUT2D eigenvalue weighted by atomic mass is 10.2. The van der Waals surface area contributed by atoms with Crippen molar-refractivity contribution in [2.75, 3.05) is 6.16 Å². The van der Waals surface area contributed by atoms with Crippen LogP contribution in [0.15, 0.2) is 24.3 Å². The second kappa shape index (κ2) is 5.95. The number of fused-ring (bicyclic) bond motifs is 1. The van der Waals surface area contributed by atoms with Crippen molar-refractivity contribution in [1.29, 1.82) is 0 Å². The summed E-state index contributed by atoms with van der Waals surface area (Å²) in [4.78, 5) is 33.2. The second-order valence-corrected chi connectivity index (χ2v) is 6.48. The summed E-state index contributed by atoms with van der Waals surface area (Å²) in [5.41, 5.74) is 6.84. The van der Waals surface area contributed by atoms with Crippen LogP contribution >= 0.6 is 7.60 Å². The smallest absolute Gasteiger partial charge is 0.327 e. The lowest BCUT2D eigenvalue weighted by Gasteiger charge is -2.11. The highest BCUT2D eigenvalue weighted by Gasteiger charge is 2.20. The minimum absolute atomic E-state index is 0.00876. The van der Waals surface area contributed by atoms with Crippen molar-refractivity contribution < 1.29 is 24.3 Å². The number of carbonyl (C=O) groups is 1. The lowest BCUT2D eigenvalue weighted by molar-refractivity contribution is -0.138. The van der Waals surface area contributed by atoms with E-state index < -0.39 is 19.6 Å². The predicted molar refractivity (Wildman–Crippen MR) is 76.0 cm³/mol. The van der Waals surface area contributed by atoms with Crippen molar-refractivity contribution in [3.63, 3.8) is 0 Å². The van der Waals surface area contributed by atoms with E-state index in [2.05, 4.69) is 4.98 Å². The Bertz CT molecular complexity index is 708. The summed E-state index contributed by atoms with van der Waals surface area (Å²) in [6.07, 6.45) is -0.353. The molecule has 8 nitrogen and oxygen atoms in total. The Labute approximate surface area is 120 Å². The van der Waals surface area contributed by atoms with Gasteiger partial charge in [0.25, 0.3) is 0 Å². The van der Waals surface area contributed by atoms with Crippen LogP contribution < -0.4 is 5.73 Å². The van der Waals surface area contributed by atoms with Crippen molar-refractivity contribution in [2.24, 2.45) is 5.73 Å². The van der Waals surface area contributed by atoms with Crippen LogP contribution in [0.3, 0.4) is 0 Å². The van der Waals surface area contributed by atoms with Crippen molar-refractivity contribution in [3.8, 4) is 0 Å². The summed E-state index contributed by atoms with van der Waals surface area (Å²) in [5.74, 6) is -0.747. The Morgan fingerprint density at radius 1 is 1.38 bits per heavy atom. The molecule has 0 amide bonds. The number of aromatic nitrogens is 2. The molecular weight excluding hydrogens is 297 g/mol. The zero-order chi connectivity index (χ0) is 15.6. The number of rotatable bonds is 6. The van der Waals surface area contributed by atoms with Gasteiger partial charge in [0.2, 0.25) is 0 Å². The van der Waals surface area contributed by atoms with Gasteiger partial charge in [-0.05, 0) is 12.1 Å². The van der Waals surface area contributed by atoms with Crippen LogP contribution in [0.25, 0.3) is 11.0 Å². The minimum Gasteiger partial charge on any atom is -0.480 e. The first kappa shape index (κ1) is 15.7. The highest BCUT2D eigenvalue weighted by atomic mass is 31.2. The number of para-hydroxylation sites is 2. The van der Waals surface area contributed by atoms with Crippen LogP contribution in [-0.4, -0.2) is 42.6 Å². The van der Waals surface area contributed by atoms with Crippen LogP contribution in [0.1, 0.15) is 5.82 Å². The van der Waals surface area contributed by atoms with Crippen LogP contribution in [0.2, 0.25) is 0 Å². The SMILES string of the molecule is NC(Cc1nc2ccccc2n1CCP(=O)(O)O)C(=O)O. The van der Waals surface area contributed by atoms with E-state index >= 15 is 0 Å². The first-order valence-corrected chi connectivity index (χ1v) is 8.05. The van der Waals surface area contributed by atoms with E-state index in [0.717, 1.165) is 0 Å². The molecule has 5 N–H and O–H groups in total. The Hall–Kier alpha value is -1.73. The van der Waals surface area contributed by atoms with Gasteiger partial charge in [0.1, 0.15) is 11.9 Å². The maximum Gasteiger partial charge on any atom is 0.327 e.